The number of benzene rings is 1. The molecule has 130 valence electrons. The third kappa shape index (κ3) is 5.56. The number of nitrogens with one attached hydrogen (secondary N) is 1. The maximum atomic E-state index is 12.1. The summed E-state index contributed by atoms with van der Waals surface area (Å²) in [5.74, 6) is 1.07. The number of aromatic nitrogens is 3. The number of thioether (sulfide) groups is 1. The van der Waals surface area contributed by atoms with Crippen molar-refractivity contribution in [2.75, 3.05) is 12.9 Å². The van der Waals surface area contributed by atoms with Crippen molar-refractivity contribution in [3.8, 4) is 5.75 Å². The average molecular weight is 348 g/mol. The minimum absolute atomic E-state index is 0.0333. The molecule has 0 radical (unpaired) electrons. The molecule has 6 nitrogen and oxygen atoms in total. The second-order valence-electron chi connectivity index (χ2n) is 5.39. The minimum Gasteiger partial charge on any atom is -0.496 e. The van der Waals surface area contributed by atoms with Gasteiger partial charge in [-0.25, -0.2) is 0 Å². The van der Waals surface area contributed by atoms with Gasteiger partial charge in [0.05, 0.1) is 12.9 Å². The van der Waals surface area contributed by atoms with Crippen LogP contribution in [-0.2, 0) is 17.9 Å². The molecule has 0 spiro atoms. The normalized spacial score (nSPS) is 10.6. The van der Waals surface area contributed by atoms with Gasteiger partial charge in [-0.3, -0.25) is 4.79 Å². The molecule has 0 unspecified atom stereocenters. The van der Waals surface area contributed by atoms with E-state index in [0.29, 0.717) is 12.3 Å². The largest absolute Gasteiger partial charge is 0.496 e. The molecule has 1 amide bonds. The number of nitrogens with zero attached hydrogens (tertiary/aromatic N) is 3. The molecule has 1 aromatic heterocycles. The molecule has 24 heavy (non-hydrogen) atoms. The van der Waals surface area contributed by atoms with Gasteiger partial charge in [-0.15, -0.1) is 10.2 Å². The van der Waals surface area contributed by atoms with Crippen molar-refractivity contribution in [1.29, 1.82) is 0 Å². The molecule has 0 bridgehead atoms. The van der Waals surface area contributed by atoms with Gasteiger partial charge in [0.25, 0.3) is 0 Å². The van der Waals surface area contributed by atoms with Crippen molar-refractivity contribution < 1.29 is 9.53 Å². The third-order valence-electron chi connectivity index (χ3n) is 3.58. The van der Waals surface area contributed by atoms with Crippen LogP contribution in [0.5, 0.6) is 5.75 Å². The van der Waals surface area contributed by atoms with Gasteiger partial charge in [-0.05, 0) is 12.5 Å². The second kappa shape index (κ2) is 9.97. The Morgan fingerprint density at radius 2 is 2.17 bits per heavy atom. The predicted molar refractivity (Wildman–Crippen MR) is 95.1 cm³/mol. The molecular formula is C17H24N4O2S. The summed E-state index contributed by atoms with van der Waals surface area (Å²) >= 11 is 1.41. The van der Waals surface area contributed by atoms with Crippen LogP contribution < -0.4 is 10.1 Å². The van der Waals surface area contributed by atoms with Crippen LogP contribution in [0.3, 0.4) is 0 Å². The highest BCUT2D eigenvalue weighted by molar-refractivity contribution is 7.99. The fourth-order valence-corrected chi connectivity index (χ4v) is 3.04. The molecule has 1 heterocycles. The Balaban J connectivity index is 1.78. The van der Waals surface area contributed by atoms with E-state index in [-0.39, 0.29) is 5.91 Å². The van der Waals surface area contributed by atoms with Gasteiger partial charge in [0, 0.05) is 18.7 Å². The Kier molecular flexibility index (Phi) is 7.61. The zero-order valence-corrected chi connectivity index (χ0v) is 15.0. The predicted octanol–water partition coefficient (Wildman–Crippen LogP) is 2.89. The Hall–Kier alpha value is -2.02. The Morgan fingerprint density at radius 1 is 1.33 bits per heavy atom. The number of methoxy groups -OCH3 is 1. The van der Waals surface area contributed by atoms with E-state index in [1.54, 1.807) is 13.4 Å². The van der Waals surface area contributed by atoms with Gasteiger partial charge in [0.1, 0.15) is 12.1 Å². The zero-order chi connectivity index (χ0) is 17.2. The number of para-hydroxylation sites is 1. The minimum atomic E-state index is -0.0333. The number of ether oxygens (including phenoxy) is 1. The van der Waals surface area contributed by atoms with Crippen LogP contribution in [0.25, 0.3) is 0 Å². The monoisotopic (exact) mass is 348 g/mol. The number of unbranched alkanes of at least 4 members (excludes halogenated alkanes) is 2. The van der Waals surface area contributed by atoms with E-state index >= 15 is 0 Å². The molecule has 0 saturated carbocycles. The molecule has 2 rings (SSSR count). The fourth-order valence-electron chi connectivity index (χ4n) is 2.27. The van der Waals surface area contributed by atoms with Crippen LogP contribution in [-0.4, -0.2) is 33.5 Å². The number of aryl methyl sites for hydroxylation is 1. The molecule has 0 aliphatic rings. The van der Waals surface area contributed by atoms with Crippen LogP contribution in [0.2, 0.25) is 0 Å². The molecule has 0 aliphatic carbocycles. The lowest BCUT2D eigenvalue weighted by Gasteiger charge is -2.09. The summed E-state index contributed by atoms with van der Waals surface area (Å²) in [5.41, 5.74) is 0.959. The van der Waals surface area contributed by atoms with Crippen molar-refractivity contribution in [2.45, 2.75) is 44.4 Å². The third-order valence-corrected chi connectivity index (χ3v) is 4.56. The first-order valence-corrected chi connectivity index (χ1v) is 9.12. The molecule has 0 aliphatic heterocycles. The summed E-state index contributed by atoms with van der Waals surface area (Å²) in [4.78, 5) is 12.1. The standard InChI is InChI=1S/C17H24N4O2S/c1-3-4-7-10-21-13-19-20-17(21)24-12-16(22)18-11-14-8-5-6-9-15(14)23-2/h5-6,8-9,13H,3-4,7,10-12H2,1-2H3,(H,18,22). The lowest BCUT2D eigenvalue weighted by atomic mass is 10.2. The van der Waals surface area contributed by atoms with Crippen molar-refractivity contribution >= 4 is 17.7 Å². The van der Waals surface area contributed by atoms with Crippen molar-refractivity contribution in [3.63, 3.8) is 0 Å². The highest BCUT2D eigenvalue weighted by Gasteiger charge is 2.09. The number of rotatable bonds is 10. The topological polar surface area (TPSA) is 69.0 Å². The van der Waals surface area contributed by atoms with Gasteiger partial charge in [-0.1, -0.05) is 49.7 Å². The number of carbonyl (C=O) groups excluding carboxylic acids is 1. The molecule has 7 heteroatoms. The van der Waals surface area contributed by atoms with E-state index in [4.69, 9.17) is 4.74 Å². The van der Waals surface area contributed by atoms with Gasteiger partial charge in [-0.2, -0.15) is 0 Å². The Labute approximate surface area is 147 Å². The molecule has 1 aromatic carbocycles. The van der Waals surface area contributed by atoms with Crippen molar-refractivity contribution in [3.05, 3.63) is 36.2 Å². The number of hydrogen-bond acceptors (Lipinski definition) is 5. The summed E-state index contributed by atoms with van der Waals surface area (Å²) in [6, 6.07) is 7.66. The van der Waals surface area contributed by atoms with E-state index in [1.807, 2.05) is 28.8 Å². The van der Waals surface area contributed by atoms with Gasteiger partial charge < -0.3 is 14.6 Å². The second-order valence-corrected chi connectivity index (χ2v) is 6.33. The molecule has 0 fully saturated rings. The Bertz CT molecular complexity index is 645. The van der Waals surface area contributed by atoms with E-state index < -0.39 is 0 Å². The molecular weight excluding hydrogens is 324 g/mol. The van der Waals surface area contributed by atoms with Crippen molar-refractivity contribution in [2.24, 2.45) is 0 Å². The van der Waals surface area contributed by atoms with Gasteiger partial charge in [0.15, 0.2) is 5.16 Å². The molecule has 0 atom stereocenters. The molecule has 2 aromatic rings. The van der Waals surface area contributed by atoms with Crippen LogP contribution in [0.15, 0.2) is 35.7 Å². The van der Waals surface area contributed by atoms with E-state index in [9.17, 15) is 4.79 Å². The number of carbonyl (C=O) groups is 1. The first kappa shape index (κ1) is 18.3. The average Bonchev–Trinajstić information content (AvgIpc) is 3.06. The summed E-state index contributed by atoms with van der Waals surface area (Å²) in [5, 5.41) is 11.7. The van der Waals surface area contributed by atoms with Gasteiger partial charge >= 0.3 is 0 Å². The van der Waals surface area contributed by atoms with Crippen molar-refractivity contribution in [1.82, 2.24) is 20.1 Å². The van der Waals surface area contributed by atoms with E-state index in [0.717, 1.165) is 29.4 Å². The van der Waals surface area contributed by atoms with Crippen LogP contribution in [0, 0.1) is 0 Å². The maximum Gasteiger partial charge on any atom is 0.230 e. The molecule has 0 saturated heterocycles. The zero-order valence-electron chi connectivity index (χ0n) is 14.2. The first-order chi connectivity index (χ1) is 11.7. The SMILES string of the molecule is CCCCCn1cnnc1SCC(=O)NCc1ccccc1OC. The lowest BCUT2D eigenvalue weighted by molar-refractivity contribution is -0.118. The van der Waals surface area contributed by atoms with Crippen LogP contribution in [0.4, 0.5) is 0 Å². The summed E-state index contributed by atoms with van der Waals surface area (Å²) in [7, 11) is 1.63. The van der Waals surface area contributed by atoms with Crippen LogP contribution in [0.1, 0.15) is 31.7 Å². The molecule has 1 N–H and O–H groups in total. The number of amides is 1. The smallest absolute Gasteiger partial charge is 0.230 e. The highest BCUT2D eigenvalue weighted by Crippen LogP contribution is 2.18. The summed E-state index contributed by atoms with van der Waals surface area (Å²) in [6.45, 7) is 3.52. The summed E-state index contributed by atoms with van der Waals surface area (Å²) in [6.07, 6.45) is 5.18. The number of hydrogen-bond donors (Lipinski definition) is 1. The maximum absolute atomic E-state index is 12.1. The quantitative estimate of drug-likeness (QED) is 0.528. The first-order valence-electron chi connectivity index (χ1n) is 8.13. The Morgan fingerprint density at radius 3 is 2.96 bits per heavy atom. The van der Waals surface area contributed by atoms with E-state index in [2.05, 4.69) is 22.4 Å². The van der Waals surface area contributed by atoms with Crippen LogP contribution >= 0.6 is 11.8 Å². The fraction of sp³-hybridized carbons (Fsp3) is 0.471. The van der Waals surface area contributed by atoms with Gasteiger partial charge in [0.2, 0.25) is 5.91 Å². The van der Waals surface area contributed by atoms with E-state index in [1.165, 1.54) is 24.6 Å². The summed E-state index contributed by atoms with van der Waals surface area (Å²) < 4.78 is 7.29. The highest BCUT2D eigenvalue weighted by atomic mass is 32.2. The lowest BCUT2D eigenvalue weighted by Crippen LogP contribution is -2.25.